The van der Waals surface area contributed by atoms with E-state index in [-0.39, 0.29) is 6.61 Å². The molecule has 7 heteroatoms. The van der Waals surface area contributed by atoms with Crippen molar-refractivity contribution < 1.29 is 26.2 Å². The predicted molar refractivity (Wildman–Crippen MR) is 78.6 cm³/mol. The van der Waals surface area contributed by atoms with Gasteiger partial charge >= 0.3 is 131 Å². The molecule has 0 aromatic rings. The van der Waals surface area contributed by atoms with Gasteiger partial charge in [0.05, 0.1) is 0 Å². The van der Waals surface area contributed by atoms with Crippen LogP contribution < -0.4 is 0 Å². The van der Waals surface area contributed by atoms with Crippen LogP contribution in [0.15, 0.2) is 0 Å². The van der Waals surface area contributed by atoms with E-state index in [1.54, 1.807) is 0 Å². The van der Waals surface area contributed by atoms with Crippen LogP contribution in [0.2, 0.25) is 8.87 Å². The molecule has 3 N–H and O–H groups in total. The summed E-state index contributed by atoms with van der Waals surface area (Å²) in [4.78, 5) is 0. The van der Waals surface area contributed by atoms with E-state index in [2.05, 4.69) is 13.8 Å². The Morgan fingerprint density at radius 1 is 1.10 bits per heavy atom. The molecule has 2 fully saturated rings. The zero-order valence-corrected chi connectivity index (χ0v) is 15.5. The summed E-state index contributed by atoms with van der Waals surface area (Å²) in [6, 6.07) is 0. The van der Waals surface area contributed by atoms with Crippen molar-refractivity contribution in [3.63, 3.8) is 0 Å². The number of ether oxygens (including phenoxy) is 1. The minimum atomic E-state index is -3.28. The number of hydrogen-bond donors (Lipinski definition) is 3. The van der Waals surface area contributed by atoms with E-state index in [1.165, 1.54) is 0 Å². The van der Waals surface area contributed by atoms with Gasteiger partial charge in [-0.05, 0) is 0 Å². The van der Waals surface area contributed by atoms with E-state index in [4.69, 9.17) is 10.9 Å². The van der Waals surface area contributed by atoms with Crippen molar-refractivity contribution in [1.29, 1.82) is 0 Å². The van der Waals surface area contributed by atoms with Crippen LogP contribution in [-0.4, -0.2) is 71.8 Å². The Hall–Kier alpha value is 0.429. The molecule has 21 heavy (non-hydrogen) atoms. The first-order valence-corrected chi connectivity index (χ1v) is 14.2. The molecule has 0 spiro atoms. The molecule has 0 aromatic heterocycles. The molecule has 6 nitrogen and oxygen atoms in total. The van der Waals surface area contributed by atoms with Gasteiger partial charge in [0.15, 0.2) is 0 Å². The van der Waals surface area contributed by atoms with Gasteiger partial charge in [0.1, 0.15) is 0 Å². The molecule has 0 aromatic carbocycles. The standard InChI is InChI=1S/C6H10O6.C4H9.C4H8.Sn/c7-1-2-3(8)4(9)5(10)6(11)12-2;2*1-3-4-2;/h2-9H,1H2;1,3-4H2,2H3;1-4H2;/q-2;;+1;+2. The van der Waals surface area contributed by atoms with Gasteiger partial charge in [-0.1, -0.05) is 0 Å². The van der Waals surface area contributed by atoms with Gasteiger partial charge < -0.3 is 0 Å². The Labute approximate surface area is 131 Å². The first-order chi connectivity index (χ1) is 10.1. The molecule has 0 bridgehead atoms. The molecule has 0 radical (unpaired) electrons. The topological polar surface area (TPSA) is 88.4 Å². The van der Waals surface area contributed by atoms with E-state index in [1.807, 2.05) is 0 Å². The molecule has 0 aliphatic carbocycles. The molecule has 2 aliphatic heterocycles. The Balaban J connectivity index is 2.09. The van der Waals surface area contributed by atoms with Gasteiger partial charge in [0, 0.05) is 0 Å². The van der Waals surface area contributed by atoms with Crippen molar-refractivity contribution >= 4 is 19.2 Å². The first kappa shape index (κ1) is 17.8. The normalized spacial score (nSPS) is 43.0. The van der Waals surface area contributed by atoms with Crippen LogP contribution >= 0.6 is 0 Å². The third-order valence-corrected chi connectivity index (χ3v) is 14.5. The molecule has 0 amide bonds. The summed E-state index contributed by atoms with van der Waals surface area (Å²) in [6.45, 7) is 5.65. The molecule has 2 rings (SSSR count). The van der Waals surface area contributed by atoms with Crippen LogP contribution in [0.4, 0.5) is 0 Å². The van der Waals surface area contributed by atoms with E-state index in [0.29, 0.717) is 0 Å². The second-order valence-electron chi connectivity index (χ2n) is 5.88. The number of fused-ring (bicyclic) bond motifs is 1. The van der Waals surface area contributed by atoms with Crippen LogP contribution in [-0.2, 0) is 10.9 Å². The summed E-state index contributed by atoms with van der Waals surface area (Å²) in [7, 11) is 0. The van der Waals surface area contributed by atoms with Crippen molar-refractivity contribution in [3.8, 4) is 0 Å². The zero-order chi connectivity index (χ0) is 15.5. The average molecular weight is 410 g/mol. The SMILES string of the molecule is [CH2+]CC[CH2][Sn]1([CH2]CCC)[O]C2OC(CO)C(O)C(O)C2[O]1. The van der Waals surface area contributed by atoms with Gasteiger partial charge in [0.25, 0.3) is 0 Å². The molecule has 2 aliphatic rings. The average Bonchev–Trinajstić information content (AvgIpc) is 2.86. The van der Waals surface area contributed by atoms with Crippen LogP contribution in [0.3, 0.4) is 0 Å². The molecule has 2 heterocycles. The summed E-state index contributed by atoms with van der Waals surface area (Å²) < 4.78 is 19.7. The fourth-order valence-electron chi connectivity index (χ4n) is 2.97. The van der Waals surface area contributed by atoms with Crippen LogP contribution in [0.5, 0.6) is 0 Å². The third kappa shape index (κ3) is 3.85. The quantitative estimate of drug-likeness (QED) is 0.423. The summed E-state index contributed by atoms with van der Waals surface area (Å²) in [5.41, 5.74) is 0. The fourth-order valence-corrected chi connectivity index (χ4v) is 13.9. The molecular formula is C14H27O6Sn+. The second kappa shape index (κ2) is 7.81. The van der Waals surface area contributed by atoms with Gasteiger partial charge in [0.2, 0.25) is 0 Å². The maximum atomic E-state index is 10.2. The van der Waals surface area contributed by atoms with Gasteiger partial charge in [-0.3, -0.25) is 0 Å². The summed E-state index contributed by atoms with van der Waals surface area (Å²) >= 11 is -3.28. The van der Waals surface area contributed by atoms with Gasteiger partial charge in [-0.2, -0.15) is 0 Å². The number of unbranched alkanes of at least 4 members (excludes halogenated alkanes) is 2. The molecule has 122 valence electrons. The molecule has 2 saturated heterocycles. The Bertz CT molecular complexity index is 321. The van der Waals surface area contributed by atoms with Gasteiger partial charge in [-0.25, -0.2) is 0 Å². The zero-order valence-electron chi connectivity index (χ0n) is 12.6. The molecular weight excluding hydrogens is 383 g/mol. The third-order valence-electron chi connectivity index (χ3n) is 4.23. The minimum absolute atomic E-state index is 0.346. The van der Waals surface area contributed by atoms with Crippen molar-refractivity contribution in [2.24, 2.45) is 0 Å². The molecule has 6 atom stereocenters. The summed E-state index contributed by atoms with van der Waals surface area (Å²) in [5, 5.41) is 29.4. The van der Waals surface area contributed by atoms with E-state index < -0.39 is 49.9 Å². The van der Waals surface area contributed by atoms with Crippen molar-refractivity contribution in [2.75, 3.05) is 6.61 Å². The predicted octanol–water partition coefficient (Wildman–Crippen LogP) is 0.697. The Kier molecular flexibility index (Phi) is 6.61. The number of aliphatic hydroxyl groups excluding tert-OH is 3. The summed E-state index contributed by atoms with van der Waals surface area (Å²) in [5.74, 6) is 0. The first-order valence-electron chi connectivity index (χ1n) is 7.84. The van der Waals surface area contributed by atoms with Crippen LogP contribution in [0.25, 0.3) is 0 Å². The van der Waals surface area contributed by atoms with Crippen molar-refractivity contribution in [2.45, 2.75) is 72.2 Å². The van der Waals surface area contributed by atoms with Crippen LogP contribution in [0, 0.1) is 6.92 Å². The Morgan fingerprint density at radius 3 is 2.43 bits per heavy atom. The molecule has 6 unspecified atom stereocenters. The van der Waals surface area contributed by atoms with Gasteiger partial charge in [-0.15, -0.1) is 0 Å². The van der Waals surface area contributed by atoms with E-state index in [0.717, 1.165) is 34.6 Å². The van der Waals surface area contributed by atoms with E-state index >= 15 is 0 Å². The fraction of sp³-hybridized carbons (Fsp3) is 0.929. The monoisotopic (exact) mass is 411 g/mol. The maximum absolute atomic E-state index is 10.2. The number of aliphatic hydroxyl groups is 3. The second-order valence-corrected chi connectivity index (χ2v) is 15.3. The molecule has 0 saturated carbocycles. The summed E-state index contributed by atoms with van der Waals surface area (Å²) in [6.07, 6.45) is -0.420. The van der Waals surface area contributed by atoms with Crippen molar-refractivity contribution in [1.82, 2.24) is 0 Å². The van der Waals surface area contributed by atoms with Crippen molar-refractivity contribution in [3.05, 3.63) is 6.92 Å². The Morgan fingerprint density at radius 2 is 1.81 bits per heavy atom. The van der Waals surface area contributed by atoms with E-state index in [9.17, 15) is 15.3 Å². The number of hydrogen-bond acceptors (Lipinski definition) is 6. The van der Waals surface area contributed by atoms with Crippen LogP contribution in [0.1, 0.15) is 32.6 Å². The number of rotatable bonds is 7.